The number of alkyl halides is 1. The van der Waals surface area contributed by atoms with E-state index in [1.165, 1.54) is 0 Å². The van der Waals surface area contributed by atoms with Crippen LogP contribution >= 0.6 is 11.6 Å². The number of halogens is 1. The van der Waals surface area contributed by atoms with E-state index in [0.29, 0.717) is 49.8 Å². The first-order valence-corrected chi connectivity index (χ1v) is 9.19. The number of nitrogens with zero attached hydrogens (tertiary/aromatic N) is 2. The summed E-state index contributed by atoms with van der Waals surface area (Å²) in [6.45, 7) is 6.91. The molecule has 19 heavy (non-hydrogen) atoms. The topological polar surface area (TPSA) is 40.6 Å². The normalized spacial score (nSPS) is 35.4. The lowest BCUT2D eigenvalue weighted by Gasteiger charge is -2.39. The molecule has 0 spiro atoms. The van der Waals surface area contributed by atoms with Crippen molar-refractivity contribution in [3.05, 3.63) is 0 Å². The van der Waals surface area contributed by atoms with Crippen LogP contribution in [0.15, 0.2) is 0 Å². The first-order chi connectivity index (χ1) is 8.95. The molecule has 0 saturated carbocycles. The molecule has 2 heterocycles. The van der Waals surface area contributed by atoms with Crippen molar-refractivity contribution in [3.63, 3.8) is 0 Å². The average Bonchev–Trinajstić information content (AvgIpc) is 2.41. The van der Waals surface area contributed by atoms with E-state index in [-0.39, 0.29) is 0 Å². The number of hydrogen-bond donors (Lipinski definition) is 0. The lowest BCUT2D eigenvalue weighted by Crippen LogP contribution is -2.51. The molecule has 112 valence electrons. The van der Waals surface area contributed by atoms with Crippen molar-refractivity contribution in [1.82, 2.24) is 8.61 Å². The second kappa shape index (κ2) is 6.29. The zero-order chi connectivity index (χ0) is 14.0. The highest BCUT2D eigenvalue weighted by molar-refractivity contribution is 7.86. The predicted octanol–water partition coefficient (Wildman–Crippen LogP) is 2.16. The summed E-state index contributed by atoms with van der Waals surface area (Å²) in [4.78, 5) is 0. The van der Waals surface area contributed by atoms with Gasteiger partial charge in [0.1, 0.15) is 0 Å². The largest absolute Gasteiger partial charge is 0.281 e. The second-order valence-corrected chi connectivity index (χ2v) is 8.37. The Hall–Kier alpha value is 0.160. The smallest absolute Gasteiger partial charge is 0.195 e. The third kappa shape index (κ3) is 3.43. The fraction of sp³-hybridized carbons (Fsp3) is 1.00. The molecule has 0 amide bonds. The molecule has 2 saturated heterocycles. The minimum atomic E-state index is -3.28. The van der Waals surface area contributed by atoms with Crippen molar-refractivity contribution in [2.45, 2.75) is 33.1 Å². The van der Waals surface area contributed by atoms with Gasteiger partial charge < -0.3 is 0 Å². The van der Waals surface area contributed by atoms with E-state index in [2.05, 4.69) is 13.8 Å². The standard InChI is InChI=1S/C13H25ClN2O2S/c1-11-5-7-16(9-12(11)2)19(17,18)15-6-3-4-13(8-14)10-15/h11-13H,3-10H2,1-2H3. The predicted molar refractivity (Wildman–Crippen MR) is 78.5 cm³/mol. The Morgan fingerprint density at radius 3 is 2.37 bits per heavy atom. The summed E-state index contributed by atoms with van der Waals surface area (Å²) in [5.74, 6) is 1.92. The molecule has 3 atom stereocenters. The van der Waals surface area contributed by atoms with Crippen LogP contribution in [-0.2, 0) is 10.2 Å². The second-order valence-electron chi connectivity index (χ2n) is 6.13. The summed E-state index contributed by atoms with van der Waals surface area (Å²) in [6, 6.07) is 0. The Morgan fingerprint density at radius 1 is 1.05 bits per heavy atom. The zero-order valence-corrected chi connectivity index (χ0v) is 13.5. The van der Waals surface area contributed by atoms with Crippen LogP contribution in [0.3, 0.4) is 0 Å². The first kappa shape index (κ1) is 15.5. The van der Waals surface area contributed by atoms with E-state index in [0.717, 1.165) is 19.3 Å². The number of hydrogen-bond acceptors (Lipinski definition) is 2. The van der Waals surface area contributed by atoms with Crippen molar-refractivity contribution >= 4 is 21.8 Å². The van der Waals surface area contributed by atoms with Crippen LogP contribution in [0.25, 0.3) is 0 Å². The van der Waals surface area contributed by atoms with Gasteiger partial charge in [-0.25, -0.2) is 0 Å². The van der Waals surface area contributed by atoms with Crippen molar-refractivity contribution < 1.29 is 8.42 Å². The molecular weight excluding hydrogens is 284 g/mol. The van der Waals surface area contributed by atoms with Crippen molar-refractivity contribution in [3.8, 4) is 0 Å². The van der Waals surface area contributed by atoms with Gasteiger partial charge in [0.05, 0.1) is 0 Å². The molecule has 0 aromatic carbocycles. The Labute approximate surface area is 122 Å². The van der Waals surface area contributed by atoms with E-state index in [1.54, 1.807) is 8.61 Å². The molecule has 0 bridgehead atoms. The Morgan fingerprint density at radius 2 is 1.74 bits per heavy atom. The van der Waals surface area contributed by atoms with E-state index in [4.69, 9.17) is 11.6 Å². The highest BCUT2D eigenvalue weighted by Crippen LogP contribution is 2.28. The maximum atomic E-state index is 12.7. The molecular formula is C13H25ClN2O2S. The van der Waals surface area contributed by atoms with Crippen LogP contribution in [0, 0.1) is 17.8 Å². The third-order valence-electron chi connectivity index (χ3n) is 4.65. The molecule has 0 aromatic rings. The van der Waals surface area contributed by atoms with Crippen LogP contribution in [0.5, 0.6) is 0 Å². The van der Waals surface area contributed by atoms with Gasteiger partial charge in [0.25, 0.3) is 10.2 Å². The maximum Gasteiger partial charge on any atom is 0.281 e. The van der Waals surface area contributed by atoms with Crippen LogP contribution in [0.1, 0.15) is 33.1 Å². The minimum absolute atomic E-state index is 0.311. The average molecular weight is 309 g/mol. The van der Waals surface area contributed by atoms with Crippen molar-refractivity contribution in [2.75, 3.05) is 32.1 Å². The lowest BCUT2D eigenvalue weighted by atomic mass is 9.90. The van der Waals surface area contributed by atoms with Crippen LogP contribution in [-0.4, -0.2) is 49.1 Å². The maximum absolute atomic E-state index is 12.7. The van der Waals surface area contributed by atoms with Gasteiger partial charge in [-0.1, -0.05) is 13.8 Å². The van der Waals surface area contributed by atoms with Gasteiger partial charge in [-0.15, -0.1) is 11.6 Å². The first-order valence-electron chi connectivity index (χ1n) is 7.26. The molecule has 3 unspecified atom stereocenters. The fourth-order valence-corrected chi connectivity index (χ4v) is 5.06. The summed E-state index contributed by atoms with van der Waals surface area (Å²) in [6.07, 6.45) is 2.94. The summed E-state index contributed by atoms with van der Waals surface area (Å²) in [5.41, 5.74) is 0. The molecule has 2 aliphatic rings. The molecule has 0 N–H and O–H groups in total. The van der Waals surface area contributed by atoms with Crippen LogP contribution in [0.4, 0.5) is 0 Å². The summed E-state index contributed by atoms with van der Waals surface area (Å²) in [5, 5.41) is 0. The van der Waals surface area contributed by atoms with E-state index in [1.807, 2.05) is 0 Å². The molecule has 2 aliphatic heterocycles. The Bertz CT molecular complexity index is 389. The van der Waals surface area contributed by atoms with Gasteiger partial charge in [0.15, 0.2) is 0 Å². The Kier molecular flexibility index (Phi) is 5.15. The molecule has 0 aromatic heterocycles. The summed E-state index contributed by atoms with van der Waals surface area (Å²) < 4.78 is 28.6. The summed E-state index contributed by atoms with van der Waals surface area (Å²) in [7, 11) is -3.28. The van der Waals surface area contributed by atoms with Gasteiger partial charge in [-0.2, -0.15) is 17.0 Å². The quantitative estimate of drug-likeness (QED) is 0.750. The molecule has 2 fully saturated rings. The van der Waals surface area contributed by atoms with Gasteiger partial charge >= 0.3 is 0 Å². The van der Waals surface area contributed by atoms with Gasteiger partial charge in [-0.05, 0) is 37.0 Å². The minimum Gasteiger partial charge on any atom is -0.195 e. The zero-order valence-electron chi connectivity index (χ0n) is 11.9. The highest BCUT2D eigenvalue weighted by atomic mass is 35.5. The van der Waals surface area contributed by atoms with Crippen molar-refractivity contribution in [2.24, 2.45) is 17.8 Å². The number of rotatable bonds is 3. The molecule has 6 heteroatoms. The fourth-order valence-electron chi connectivity index (χ4n) is 2.96. The monoisotopic (exact) mass is 308 g/mol. The molecule has 0 aliphatic carbocycles. The summed E-state index contributed by atoms with van der Waals surface area (Å²) >= 11 is 5.89. The van der Waals surface area contributed by atoms with Gasteiger partial charge in [0.2, 0.25) is 0 Å². The Balaban J connectivity index is 2.05. The van der Waals surface area contributed by atoms with Crippen LogP contribution in [0.2, 0.25) is 0 Å². The van der Waals surface area contributed by atoms with E-state index >= 15 is 0 Å². The van der Waals surface area contributed by atoms with Gasteiger partial charge in [-0.3, -0.25) is 0 Å². The van der Waals surface area contributed by atoms with Gasteiger partial charge in [0, 0.05) is 32.1 Å². The lowest BCUT2D eigenvalue weighted by molar-refractivity contribution is 0.191. The van der Waals surface area contributed by atoms with Crippen LogP contribution < -0.4 is 0 Å². The van der Waals surface area contributed by atoms with E-state index < -0.39 is 10.2 Å². The third-order valence-corrected chi connectivity index (χ3v) is 7.05. The van der Waals surface area contributed by atoms with E-state index in [9.17, 15) is 8.42 Å². The molecule has 0 radical (unpaired) electrons. The SMILES string of the molecule is CC1CCN(S(=O)(=O)N2CCCC(CCl)C2)CC1C. The number of piperidine rings is 2. The molecule has 4 nitrogen and oxygen atoms in total. The van der Waals surface area contributed by atoms with Crippen molar-refractivity contribution in [1.29, 1.82) is 0 Å². The highest BCUT2D eigenvalue weighted by Gasteiger charge is 2.36. The molecule has 2 rings (SSSR count).